The second-order valence-corrected chi connectivity index (χ2v) is 5.43. The molecule has 1 aliphatic rings. The summed E-state index contributed by atoms with van der Waals surface area (Å²) < 4.78 is 0. The van der Waals surface area contributed by atoms with E-state index in [2.05, 4.69) is 6.92 Å². The van der Waals surface area contributed by atoms with Crippen molar-refractivity contribution >= 4 is 5.97 Å². The molecule has 2 unspecified atom stereocenters. The van der Waals surface area contributed by atoms with Crippen LogP contribution in [-0.2, 0) is 4.79 Å². The number of nitrogens with two attached hydrogens (primary N) is 1. The van der Waals surface area contributed by atoms with Crippen LogP contribution in [-0.4, -0.2) is 17.1 Å². The van der Waals surface area contributed by atoms with Crippen LogP contribution in [0.1, 0.15) is 58.3 Å². The molecule has 0 heterocycles. The van der Waals surface area contributed by atoms with Crippen LogP contribution in [0.5, 0.6) is 0 Å². The smallest absolute Gasteiger partial charge is 0.304 e. The number of aliphatic carboxylic acids is 1. The normalized spacial score (nSPS) is 20.1. The molecule has 0 saturated heterocycles. The summed E-state index contributed by atoms with van der Waals surface area (Å²) in [6.45, 7) is 2.18. The van der Waals surface area contributed by atoms with E-state index in [4.69, 9.17) is 10.8 Å². The Kier molecular flexibility index (Phi) is 5.81. The molecule has 0 spiro atoms. The Labute approximate surface area is 98.4 Å². The summed E-state index contributed by atoms with van der Waals surface area (Å²) >= 11 is 0. The predicted octanol–water partition coefficient (Wildman–Crippen LogP) is 2.79. The van der Waals surface area contributed by atoms with Crippen molar-refractivity contribution in [3.63, 3.8) is 0 Å². The van der Waals surface area contributed by atoms with Crippen LogP contribution < -0.4 is 5.73 Å². The Balaban J connectivity index is 2.00. The van der Waals surface area contributed by atoms with Crippen molar-refractivity contribution in [3.8, 4) is 0 Å². The molecule has 0 radical (unpaired) electrons. The van der Waals surface area contributed by atoms with E-state index in [9.17, 15) is 4.79 Å². The maximum absolute atomic E-state index is 10.5. The largest absolute Gasteiger partial charge is 0.481 e. The molecule has 2 atom stereocenters. The lowest BCUT2D eigenvalue weighted by Gasteiger charge is -2.25. The molecule has 0 aromatic heterocycles. The number of hydrogen-bond acceptors (Lipinski definition) is 2. The zero-order valence-electron chi connectivity index (χ0n) is 10.3. The second-order valence-electron chi connectivity index (χ2n) is 5.43. The van der Waals surface area contributed by atoms with Gasteiger partial charge in [0, 0.05) is 6.04 Å². The van der Waals surface area contributed by atoms with Crippen molar-refractivity contribution < 1.29 is 9.90 Å². The first-order valence-corrected chi connectivity index (χ1v) is 6.55. The standard InChI is InChI=1S/C13H25NO2/c1-10(8-12(14)9-13(15)16)4-2-5-11-6-3-7-11/h10-12H,2-9,14H2,1H3,(H,15,16). The fourth-order valence-electron chi connectivity index (χ4n) is 2.48. The third kappa shape index (κ3) is 5.50. The summed E-state index contributed by atoms with van der Waals surface area (Å²) in [5, 5.41) is 8.61. The zero-order valence-corrected chi connectivity index (χ0v) is 10.3. The van der Waals surface area contributed by atoms with Gasteiger partial charge in [-0.15, -0.1) is 0 Å². The van der Waals surface area contributed by atoms with Crippen molar-refractivity contribution in [2.24, 2.45) is 17.6 Å². The molecule has 1 rings (SSSR count). The molecule has 0 bridgehead atoms. The summed E-state index contributed by atoms with van der Waals surface area (Å²) in [7, 11) is 0. The summed E-state index contributed by atoms with van der Waals surface area (Å²) in [5.41, 5.74) is 5.76. The van der Waals surface area contributed by atoms with Gasteiger partial charge < -0.3 is 10.8 Å². The van der Waals surface area contributed by atoms with E-state index < -0.39 is 5.97 Å². The van der Waals surface area contributed by atoms with Crippen LogP contribution in [0.2, 0.25) is 0 Å². The van der Waals surface area contributed by atoms with Crippen LogP contribution in [0, 0.1) is 11.8 Å². The molecule has 1 aliphatic carbocycles. The SMILES string of the molecule is CC(CCCC1CCC1)CC(N)CC(=O)O. The first kappa shape index (κ1) is 13.5. The van der Waals surface area contributed by atoms with Crippen LogP contribution in [0.15, 0.2) is 0 Å². The van der Waals surface area contributed by atoms with Gasteiger partial charge in [-0.25, -0.2) is 0 Å². The van der Waals surface area contributed by atoms with Gasteiger partial charge in [-0.3, -0.25) is 4.79 Å². The average molecular weight is 227 g/mol. The molecule has 3 N–H and O–H groups in total. The quantitative estimate of drug-likeness (QED) is 0.670. The fraction of sp³-hybridized carbons (Fsp3) is 0.923. The number of carbonyl (C=O) groups is 1. The third-order valence-electron chi connectivity index (χ3n) is 3.68. The Bertz CT molecular complexity index is 214. The third-order valence-corrected chi connectivity index (χ3v) is 3.68. The maximum atomic E-state index is 10.5. The average Bonchev–Trinajstić information content (AvgIpc) is 2.07. The minimum absolute atomic E-state index is 0.104. The summed E-state index contributed by atoms with van der Waals surface area (Å²) in [6, 6.07) is -0.170. The van der Waals surface area contributed by atoms with Crippen molar-refractivity contribution in [1.29, 1.82) is 0 Å². The number of rotatable bonds is 8. The van der Waals surface area contributed by atoms with Gasteiger partial charge in [-0.2, -0.15) is 0 Å². The Hall–Kier alpha value is -0.570. The molecule has 94 valence electrons. The van der Waals surface area contributed by atoms with Crippen molar-refractivity contribution in [1.82, 2.24) is 0 Å². The molecule has 16 heavy (non-hydrogen) atoms. The summed E-state index contributed by atoms with van der Waals surface area (Å²) in [5.74, 6) is 0.767. The van der Waals surface area contributed by atoms with Crippen molar-refractivity contribution in [2.45, 2.75) is 64.3 Å². The molecule has 0 aromatic carbocycles. The van der Waals surface area contributed by atoms with E-state index in [0.29, 0.717) is 5.92 Å². The van der Waals surface area contributed by atoms with E-state index in [1.165, 1.54) is 38.5 Å². The van der Waals surface area contributed by atoms with E-state index in [-0.39, 0.29) is 12.5 Å². The molecule has 0 amide bonds. The van der Waals surface area contributed by atoms with E-state index >= 15 is 0 Å². The van der Waals surface area contributed by atoms with Gasteiger partial charge in [0.05, 0.1) is 6.42 Å². The lowest BCUT2D eigenvalue weighted by Crippen LogP contribution is -2.26. The highest BCUT2D eigenvalue weighted by Gasteiger charge is 2.17. The van der Waals surface area contributed by atoms with Gasteiger partial charge >= 0.3 is 5.97 Å². The van der Waals surface area contributed by atoms with E-state index in [0.717, 1.165) is 12.3 Å². The maximum Gasteiger partial charge on any atom is 0.304 e. The highest BCUT2D eigenvalue weighted by atomic mass is 16.4. The van der Waals surface area contributed by atoms with Gasteiger partial charge in [0.15, 0.2) is 0 Å². The van der Waals surface area contributed by atoms with Crippen molar-refractivity contribution in [3.05, 3.63) is 0 Å². The highest BCUT2D eigenvalue weighted by Crippen LogP contribution is 2.31. The Morgan fingerprint density at radius 1 is 1.50 bits per heavy atom. The minimum Gasteiger partial charge on any atom is -0.481 e. The zero-order chi connectivity index (χ0) is 12.0. The first-order chi connectivity index (χ1) is 7.58. The van der Waals surface area contributed by atoms with Crippen LogP contribution >= 0.6 is 0 Å². The lowest BCUT2D eigenvalue weighted by atomic mass is 9.81. The molecule has 1 fully saturated rings. The number of carboxylic acids is 1. The van der Waals surface area contributed by atoms with Crippen LogP contribution in [0.3, 0.4) is 0 Å². The summed E-state index contributed by atoms with van der Waals surface area (Å²) in [4.78, 5) is 10.5. The number of hydrogen-bond donors (Lipinski definition) is 2. The Morgan fingerprint density at radius 2 is 2.19 bits per heavy atom. The fourth-order valence-corrected chi connectivity index (χ4v) is 2.48. The molecule has 3 nitrogen and oxygen atoms in total. The first-order valence-electron chi connectivity index (χ1n) is 6.55. The van der Waals surface area contributed by atoms with Gasteiger partial charge in [0.1, 0.15) is 0 Å². The molecule has 3 heteroatoms. The minimum atomic E-state index is -0.783. The molecule has 0 aromatic rings. The molecule has 0 aliphatic heterocycles. The van der Waals surface area contributed by atoms with Gasteiger partial charge in [0.2, 0.25) is 0 Å². The van der Waals surface area contributed by atoms with Crippen LogP contribution in [0.4, 0.5) is 0 Å². The topological polar surface area (TPSA) is 63.3 Å². The van der Waals surface area contributed by atoms with Crippen LogP contribution in [0.25, 0.3) is 0 Å². The second kappa shape index (κ2) is 6.89. The van der Waals surface area contributed by atoms with Gasteiger partial charge in [-0.1, -0.05) is 45.4 Å². The molecular weight excluding hydrogens is 202 g/mol. The summed E-state index contributed by atoms with van der Waals surface area (Å²) in [6.07, 6.45) is 9.06. The van der Waals surface area contributed by atoms with Gasteiger partial charge in [-0.05, 0) is 18.3 Å². The lowest BCUT2D eigenvalue weighted by molar-refractivity contribution is -0.137. The van der Waals surface area contributed by atoms with E-state index in [1.807, 2.05) is 0 Å². The van der Waals surface area contributed by atoms with E-state index in [1.54, 1.807) is 0 Å². The highest BCUT2D eigenvalue weighted by molar-refractivity contribution is 5.67. The number of carboxylic acid groups (broad SMARTS) is 1. The van der Waals surface area contributed by atoms with Gasteiger partial charge in [0.25, 0.3) is 0 Å². The van der Waals surface area contributed by atoms with Crippen molar-refractivity contribution in [2.75, 3.05) is 0 Å². The monoisotopic (exact) mass is 227 g/mol. The predicted molar refractivity (Wildman–Crippen MR) is 65.2 cm³/mol. The molecular formula is C13H25NO2. The molecule has 1 saturated carbocycles. The Morgan fingerprint density at radius 3 is 2.69 bits per heavy atom.